The Morgan fingerprint density at radius 1 is 1.12 bits per heavy atom. The fourth-order valence-electron chi connectivity index (χ4n) is 3.28. The third-order valence-electron chi connectivity index (χ3n) is 4.00. The van der Waals surface area contributed by atoms with Gasteiger partial charge in [-0.05, 0) is 37.2 Å². The summed E-state index contributed by atoms with van der Waals surface area (Å²) >= 11 is 6.27. The van der Waals surface area contributed by atoms with Gasteiger partial charge in [0.1, 0.15) is 0 Å². The maximum Gasteiger partial charge on any atom is 0.0365 e. The lowest BCUT2D eigenvalue weighted by molar-refractivity contribution is 0.377. The van der Waals surface area contributed by atoms with Crippen LogP contribution >= 0.6 is 11.6 Å². The molecule has 4 atom stereocenters. The molecule has 2 fully saturated rings. The van der Waals surface area contributed by atoms with Crippen molar-refractivity contribution in [1.29, 1.82) is 0 Å². The molecular weight excluding hydrogens is 218 g/mol. The summed E-state index contributed by atoms with van der Waals surface area (Å²) in [7, 11) is 0. The molecule has 3 rings (SSSR count). The van der Waals surface area contributed by atoms with Crippen LogP contribution in [-0.2, 0) is 6.42 Å². The summed E-state index contributed by atoms with van der Waals surface area (Å²) in [5.74, 6) is 0.788. The molecule has 2 saturated heterocycles. The summed E-state index contributed by atoms with van der Waals surface area (Å²) in [4.78, 5) is 0. The zero-order valence-electron chi connectivity index (χ0n) is 9.40. The number of rotatable bonds is 2. The maximum atomic E-state index is 6.27. The van der Waals surface area contributed by atoms with Crippen molar-refractivity contribution in [1.82, 2.24) is 5.32 Å². The molecule has 1 N–H and O–H groups in total. The van der Waals surface area contributed by atoms with Crippen LogP contribution in [0.2, 0.25) is 0 Å². The summed E-state index contributed by atoms with van der Waals surface area (Å²) in [6.07, 6.45) is 4.82. The average Bonchev–Trinajstić information content (AvgIpc) is 2.55. The fourth-order valence-corrected chi connectivity index (χ4v) is 3.69. The third kappa shape index (κ3) is 2.11. The summed E-state index contributed by atoms with van der Waals surface area (Å²) in [5.41, 5.74) is 1.47. The van der Waals surface area contributed by atoms with Gasteiger partial charge in [0.25, 0.3) is 0 Å². The Morgan fingerprint density at radius 3 is 2.75 bits per heavy atom. The molecule has 0 radical (unpaired) electrons. The van der Waals surface area contributed by atoms with Gasteiger partial charge < -0.3 is 5.32 Å². The minimum atomic E-state index is 0.400. The SMILES string of the molecule is ClC1CC2CC(Cc3ccccc3)C(C1)N2. The first-order valence-corrected chi connectivity index (χ1v) is 6.69. The normalized spacial score (nSPS) is 37.6. The van der Waals surface area contributed by atoms with Crippen LogP contribution in [0.3, 0.4) is 0 Å². The van der Waals surface area contributed by atoms with E-state index in [-0.39, 0.29) is 0 Å². The number of hydrogen-bond donors (Lipinski definition) is 1. The van der Waals surface area contributed by atoms with E-state index in [1.54, 1.807) is 0 Å². The first-order chi connectivity index (χ1) is 7.81. The summed E-state index contributed by atoms with van der Waals surface area (Å²) in [5, 5.41) is 4.11. The number of benzene rings is 1. The van der Waals surface area contributed by atoms with Crippen LogP contribution in [0.15, 0.2) is 30.3 Å². The van der Waals surface area contributed by atoms with Gasteiger partial charge in [-0.15, -0.1) is 11.6 Å². The van der Waals surface area contributed by atoms with E-state index >= 15 is 0 Å². The van der Waals surface area contributed by atoms with E-state index in [9.17, 15) is 0 Å². The number of halogens is 1. The Kier molecular flexibility index (Phi) is 2.91. The Hall–Kier alpha value is -0.530. The van der Waals surface area contributed by atoms with E-state index in [0.29, 0.717) is 17.5 Å². The molecule has 1 aromatic carbocycles. The van der Waals surface area contributed by atoms with Crippen LogP contribution < -0.4 is 5.32 Å². The quantitative estimate of drug-likeness (QED) is 0.778. The number of fused-ring (bicyclic) bond motifs is 2. The first kappa shape index (κ1) is 10.6. The Morgan fingerprint density at radius 2 is 1.94 bits per heavy atom. The maximum absolute atomic E-state index is 6.27. The van der Waals surface area contributed by atoms with Crippen molar-refractivity contribution < 1.29 is 0 Å². The molecular formula is C14H18ClN. The van der Waals surface area contributed by atoms with Crippen LogP contribution in [0.5, 0.6) is 0 Å². The molecule has 0 saturated carbocycles. The number of alkyl halides is 1. The molecule has 4 unspecified atom stereocenters. The number of piperidine rings is 1. The molecule has 1 aromatic rings. The van der Waals surface area contributed by atoms with Crippen LogP contribution in [0.1, 0.15) is 24.8 Å². The molecule has 2 heterocycles. The molecule has 0 spiro atoms. The van der Waals surface area contributed by atoms with E-state index in [0.717, 1.165) is 18.8 Å². The van der Waals surface area contributed by atoms with Gasteiger partial charge in [0.05, 0.1) is 0 Å². The second-order valence-corrected chi connectivity index (χ2v) is 5.84. The largest absolute Gasteiger partial charge is 0.311 e. The highest BCUT2D eigenvalue weighted by atomic mass is 35.5. The predicted octanol–water partition coefficient (Wildman–Crippen LogP) is 2.98. The summed E-state index contributed by atoms with van der Waals surface area (Å²) in [6, 6.07) is 12.2. The van der Waals surface area contributed by atoms with Crippen molar-refractivity contribution in [2.24, 2.45) is 5.92 Å². The Labute approximate surface area is 102 Å². The van der Waals surface area contributed by atoms with Gasteiger partial charge in [0, 0.05) is 17.5 Å². The van der Waals surface area contributed by atoms with Gasteiger partial charge in [-0.1, -0.05) is 30.3 Å². The highest BCUT2D eigenvalue weighted by molar-refractivity contribution is 6.20. The molecule has 0 amide bonds. The molecule has 86 valence electrons. The van der Waals surface area contributed by atoms with Gasteiger partial charge in [0.15, 0.2) is 0 Å². The van der Waals surface area contributed by atoms with Crippen molar-refractivity contribution in [2.75, 3.05) is 0 Å². The van der Waals surface area contributed by atoms with Crippen molar-refractivity contribution in [3.8, 4) is 0 Å². The molecule has 1 nitrogen and oxygen atoms in total. The smallest absolute Gasteiger partial charge is 0.0365 e. The summed E-state index contributed by atoms with van der Waals surface area (Å²) < 4.78 is 0. The fraction of sp³-hybridized carbons (Fsp3) is 0.571. The van der Waals surface area contributed by atoms with E-state index in [1.807, 2.05) is 0 Å². The first-order valence-electron chi connectivity index (χ1n) is 6.25. The highest BCUT2D eigenvalue weighted by Gasteiger charge is 2.39. The molecule has 2 aliphatic heterocycles. The third-order valence-corrected chi connectivity index (χ3v) is 4.35. The zero-order valence-corrected chi connectivity index (χ0v) is 10.2. The molecule has 0 aliphatic carbocycles. The minimum absolute atomic E-state index is 0.400. The Balaban J connectivity index is 1.69. The lowest BCUT2D eigenvalue weighted by atomic mass is 9.91. The average molecular weight is 236 g/mol. The number of hydrogen-bond acceptors (Lipinski definition) is 1. The molecule has 0 aromatic heterocycles. The minimum Gasteiger partial charge on any atom is -0.311 e. The molecule has 2 bridgehead atoms. The van der Waals surface area contributed by atoms with Crippen molar-refractivity contribution in [2.45, 2.75) is 43.1 Å². The van der Waals surface area contributed by atoms with E-state index in [1.165, 1.54) is 18.4 Å². The van der Waals surface area contributed by atoms with Gasteiger partial charge in [-0.2, -0.15) is 0 Å². The molecule has 2 heteroatoms. The zero-order chi connectivity index (χ0) is 11.0. The molecule has 2 aliphatic rings. The summed E-state index contributed by atoms with van der Waals surface area (Å²) in [6.45, 7) is 0. The van der Waals surface area contributed by atoms with Crippen LogP contribution in [-0.4, -0.2) is 17.5 Å². The van der Waals surface area contributed by atoms with Gasteiger partial charge in [-0.25, -0.2) is 0 Å². The number of nitrogens with one attached hydrogen (secondary N) is 1. The standard InChI is InChI=1S/C14H18ClN/c15-12-8-13-7-11(14(9-12)16-13)6-10-4-2-1-3-5-10/h1-5,11-14,16H,6-9H2. The highest BCUT2D eigenvalue weighted by Crippen LogP contribution is 2.35. The van der Waals surface area contributed by atoms with E-state index in [2.05, 4.69) is 35.6 Å². The van der Waals surface area contributed by atoms with E-state index < -0.39 is 0 Å². The van der Waals surface area contributed by atoms with Crippen LogP contribution in [0, 0.1) is 5.92 Å². The monoisotopic (exact) mass is 235 g/mol. The van der Waals surface area contributed by atoms with Gasteiger partial charge in [-0.3, -0.25) is 0 Å². The molecule has 16 heavy (non-hydrogen) atoms. The lowest BCUT2D eigenvalue weighted by Gasteiger charge is -2.26. The van der Waals surface area contributed by atoms with Crippen molar-refractivity contribution in [3.05, 3.63) is 35.9 Å². The van der Waals surface area contributed by atoms with Gasteiger partial charge >= 0.3 is 0 Å². The van der Waals surface area contributed by atoms with Crippen LogP contribution in [0.4, 0.5) is 0 Å². The second kappa shape index (κ2) is 4.38. The second-order valence-electron chi connectivity index (χ2n) is 5.22. The van der Waals surface area contributed by atoms with E-state index in [4.69, 9.17) is 11.6 Å². The van der Waals surface area contributed by atoms with Crippen molar-refractivity contribution in [3.63, 3.8) is 0 Å². The van der Waals surface area contributed by atoms with Crippen molar-refractivity contribution >= 4 is 11.6 Å². The topological polar surface area (TPSA) is 12.0 Å². The van der Waals surface area contributed by atoms with Gasteiger partial charge in [0.2, 0.25) is 0 Å². The van der Waals surface area contributed by atoms with Crippen LogP contribution in [0.25, 0.3) is 0 Å². The Bertz CT molecular complexity index is 351. The predicted molar refractivity (Wildman–Crippen MR) is 67.8 cm³/mol. The lowest BCUT2D eigenvalue weighted by Crippen LogP contribution is -2.40.